The van der Waals surface area contributed by atoms with Crippen LogP contribution in [0.2, 0.25) is 0 Å². The molecule has 2 N–H and O–H groups in total. The molecule has 0 aliphatic rings. The third kappa shape index (κ3) is 4.23. The number of amides is 1. The second-order valence-corrected chi connectivity index (χ2v) is 3.62. The molecule has 1 aromatic rings. The van der Waals surface area contributed by atoms with Crippen molar-refractivity contribution < 1.29 is 32.3 Å². The van der Waals surface area contributed by atoms with E-state index in [0.717, 1.165) is 6.07 Å². The monoisotopic (exact) mass is 279 g/mol. The highest BCUT2D eigenvalue weighted by Crippen LogP contribution is 2.11. The molecule has 0 fully saturated rings. The Kier molecular flexibility index (Phi) is 4.85. The number of aliphatic carboxylic acids is 1. The van der Waals surface area contributed by atoms with E-state index in [1.165, 1.54) is 0 Å². The molecule has 8 heteroatoms. The van der Waals surface area contributed by atoms with Crippen LogP contribution in [0.5, 0.6) is 0 Å². The number of hydrogen-bond acceptors (Lipinski definition) is 2. The molecule has 0 saturated carbocycles. The summed E-state index contributed by atoms with van der Waals surface area (Å²) >= 11 is 0. The van der Waals surface area contributed by atoms with Crippen LogP contribution in [0.3, 0.4) is 0 Å². The molecule has 0 radical (unpaired) electrons. The fourth-order valence-corrected chi connectivity index (χ4v) is 1.31. The van der Waals surface area contributed by atoms with E-state index in [1.54, 1.807) is 5.32 Å². The first-order valence-corrected chi connectivity index (χ1v) is 5.08. The van der Waals surface area contributed by atoms with Crippen molar-refractivity contribution in [1.29, 1.82) is 0 Å². The fourth-order valence-electron chi connectivity index (χ4n) is 1.31. The van der Waals surface area contributed by atoms with Gasteiger partial charge in [-0.25, -0.2) is 22.4 Å². The third-order valence-electron chi connectivity index (χ3n) is 2.19. The number of nitrogens with one attached hydrogen (secondary N) is 1. The smallest absolute Gasteiger partial charge is 0.326 e. The van der Waals surface area contributed by atoms with E-state index in [4.69, 9.17) is 5.11 Å². The molecule has 0 spiro atoms. The Labute approximate surface area is 105 Å². The number of rotatable bonds is 5. The van der Waals surface area contributed by atoms with Crippen molar-refractivity contribution >= 4 is 11.9 Å². The SMILES string of the molecule is O=C(NC(CC(F)F)C(=O)O)c1cc(F)ccc1F. The number of carboxylic acid groups (broad SMARTS) is 1. The molecule has 0 aliphatic carbocycles. The lowest BCUT2D eigenvalue weighted by molar-refractivity contribution is -0.140. The standard InChI is InChI=1S/C11H9F4NO3/c12-5-1-2-7(13)6(3-5)10(17)16-8(11(18)19)4-9(14)15/h1-3,8-9H,4H2,(H,16,17)(H,18,19). The van der Waals surface area contributed by atoms with Crippen molar-refractivity contribution in [2.24, 2.45) is 0 Å². The molecule has 0 aromatic heterocycles. The molecule has 1 unspecified atom stereocenters. The molecular formula is C11H9F4NO3. The largest absolute Gasteiger partial charge is 0.480 e. The van der Waals surface area contributed by atoms with Crippen LogP contribution in [0.4, 0.5) is 17.6 Å². The summed E-state index contributed by atoms with van der Waals surface area (Å²) in [5.74, 6) is -4.96. The summed E-state index contributed by atoms with van der Waals surface area (Å²) in [6.07, 6.45) is -4.09. The summed E-state index contributed by atoms with van der Waals surface area (Å²) in [5.41, 5.74) is -0.750. The molecule has 1 aromatic carbocycles. The van der Waals surface area contributed by atoms with Crippen LogP contribution >= 0.6 is 0 Å². The average molecular weight is 279 g/mol. The minimum atomic E-state index is -2.96. The van der Waals surface area contributed by atoms with E-state index < -0.39 is 48.0 Å². The van der Waals surface area contributed by atoms with Gasteiger partial charge in [0.05, 0.1) is 5.56 Å². The van der Waals surface area contributed by atoms with Gasteiger partial charge in [0.1, 0.15) is 17.7 Å². The highest BCUT2D eigenvalue weighted by atomic mass is 19.3. The molecule has 1 amide bonds. The number of carboxylic acids is 1. The zero-order valence-corrected chi connectivity index (χ0v) is 9.37. The van der Waals surface area contributed by atoms with Gasteiger partial charge in [-0.2, -0.15) is 0 Å². The van der Waals surface area contributed by atoms with E-state index in [0.29, 0.717) is 12.1 Å². The number of hydrogen-bond donors (Lipinski definition) is 2. The highest BCUT2D eigenvalue weighted by molar-refractivity contribution is 5.96. The highest BCUT2D eigenvalue weighted by Gasteiger charge is 2.25. The van der Waals surface area contributed by atoms with E-state index in [-0.39, 0.29) is 0 Å². The van der Waals surface area contributed by atoms with Crippen LogP contribution in [0.25, 0.3) is 0 Å². The fraction of sp³-hybridized carbons (Fsp3) is 0.273. The summed E-state index contributed by atoms with van der Waals surface area (Å²) in [6.45, 7) is 0. The minimum Gasteiger partial charge on any atom is -0.480 e. The van der Waals surface area contributed by atoms with E-state index in [2.05, 4.69) is 0 Å². The molecule has 0 aliphatic heterocycles. The van der Waals surface area contributed by atoms with Crippen molar-refractivity contribution in [3.63, 3.8) is 0 Å². The Hall–Kier alpha value is -2.12. The second kappa shape index (κ2) is 6.17. The maximum absolute atomic E-state index is 13.2. The number of alkyl halides is 2. The molecule has 0 bridgehead atoms. The Balaban J connectivity index is 2.87. The number of halogens is 4. The average Bonchev–Trinajstić information content (AvgIpc) is 2.30. The van der Waals surface area contributed by atoms with Gasteiger partial charge in [0, 0.05) is 6.42 Å². The first kappa shape index (κ1) is 14.9. The molecule has 1 rings (SSSR count). The molecule has 104 valence electrons. The van der Waals surface area contributed by atoms with Crippen molar-refractivity contribution in [2.75, 3.05) is 0 Å². The predicted molar refractivity (Wildman–Crippen MR) is 55.9 cm³/mol. The van der Waals surface area contributed by atoms with Crippen LogP contribution in [0.1, 0.15) is 16.8 Å². The Bertz CT molecular complexity index is 493. The number of benzene rings is 1. The van der Waals surface area contributed by atoms with E-state index >= 15 is 0 Å². The second-order valence-electron chi connectivity index (χ2n) is 3.62. The lowest BCUT2D eigenvalue weighted by Gasteiger charge is -2.14. The van der Waals surface area contributed by atoms with Gasteiger partial charge in [-0.3, -0.25) is 4.79 Å². The van der Waals surface area contributed by atoms with Crippen molar-refractivity contribution in [3.05, 3.63) is 35.4 Å². The van der Waals surface area contributed by atoms with Gasteiger partial charge in [-0.1, -0.05) is 0 Å². The lowest BCUT2D eigenvalue weighted by Crippen LogP contribution is -2.42. The first-order valence-electron chi connectivity index (χ1n) is 5.08. The predicted octanol–water partition coefficient (Wildman–Crippen LogP) is 1.80. The molecule has 0 saturated heterocycles. The summed E-state index contributed by atoms with van der Waals surface area (Å²) in [5, 5.41) is 10.3. The first-order chi connectivity index (χ1) is 8.81. The minimum absolute atomic E-state index is 0.548. The van der Waals surface area contributed by atoms with Gasteiger partial charge in [-0.15, -0.1) is 0 Å². The van der Waals surface area contributed by atoms with Gasteiger partial charge in [-0.05, 0) is 18.2 Å². The van der Waals surface area contributed by atoms with Gasteiger partial charge in [0.15, 0.2) is 0 Å². The van der Waals surface area contributed by atoms with Crippen LogP contribution < -0.4 is 5.32 Å². The van der Waals surface area contributed by atoms with Crippen LogP contribution in [0.15, 0.2) is 18.2 Å². The van der Waals surface area contributed by atoms with Crippen molar-refractivity contribution in [2.45, 2.75) is 18.9 Å². The Morgan fingerprint density at radius 3 is 2.42 bits per heavy atom. The topological polar surface area (TPSA) is 66.4 Å². The zero-order chi connectivity index (χ0) is 14.6. The molecule has 1 atom stereocenters. The Morgan fingerprint density at radius 2 is 1.89 bits per heavy atom. The maximum Gasteiger partial charge on any atom is 0.326 e. The molecular weight excluding hydrogens is 270 g/mol. The molecule has 19 heavy (non-hydrogen) atoms. The lowest BCUT2D eigenvalue weighted by atomic mass is 10.1. The van der Waals surface area contributed by atoms with Gasteiger partial charge in [0.2, 0.25) is 6.43 Å². The van der Waals surface area contributed by atoms with Gasteiger partial charge in [0.25, 0.3) is 5.91 Å². The molecule has 0 heterocycles. The normalized spacial score (nSPS) is 12.3. The Morgan fingerprint density at radius 1 is 1.26 bits per heavy atom. The summed E-state index contributed by atoms with van der Waals surface area (Å²) < 4.78 is 50.2. The van der Waals surface area contributed by atoms with E-state index in [9.17, 15) is 27.2 Å². The molecule has 4 nitrogen and oxygen atoms in total. The summed E-state index contributed by atoms with van der Waals surface area (Å²) in [6, 6.07) is 0.106. The third-order valence-corrected chi connectivity index (χ3v) is 2.19. The van der Waals surface area contributed by atoms with E-state index in [1.807, 2.05) is 0 Å². The van der Waals surface area contributed by atoms with Crippen LogP contribution in [-0.2, 0) is 4.79 Å². The number of carbonyl (C=O) groups excluding carboxylic acids is 1. The van der Waals surface area contributed by atoms with Crippen LogP contribution in [0, 0.1) is 11.6 Å². The maximum atomic E-state index is 13.2. The summed E-state index contributed by atoms with van der Waals surface area (Å²) in [4.78, 5) is 22.1. The van der Waals surface area contributed by atoms with Gasteiger partial charge >= 0.3 is 5.97 Å². The number of carbonyl (C=O) groups is 2. The van der Waals surface area contributed by atoms with Crippen molar-refractivity contribution in [1.82, 2.24) is 5.32 Å². The summed E-state index contributed by atoms with van der Waals surface area (Å²) in [7, 11) is 0. The van der Waals surface area contributed by atoms with Crippen molar-refractivity contribution in [3.8, 4) is 0 Å². The zero-order valence-electron chi connectivity index (χ0n) is 9.37. The quantitative estimate of drug-likeness (QED) is 0.808. The van der Waals surface area contributed by atoms with Gasteiger partial charge < -0.3 is 10.4 Å². The van der Waals surface area contributed by atoms with Crippen LogP contribution in [-0.4, -0.2) is 29.5 Å².